The number of hydrogen-bond acceptors (Lipinski definition) is 6. The highest BCUT2D eigenvalue weighted by atomic mass is 35.5. The highest BCUT2D eigenvalue weighted by molar-refractivity contribution is 6.31. The lowest BCUT2D eigenvalue weighted by Gasteiger charge is -2.47. The fourth-order valence-corrected chi connectivity index (χ4v) is 4.53. The van der Waals surface area contributed by atoms with Gasteiger partial charge in [0.15, 0.2) is 0 Å². The van der Waals surface area contributed by atoms with Crippen LogP contribution < -0.4 is 4.74 Å². The molecule has 1 saturated heterocycles. The van der Waals surface area contributed by atoms with Crippen molar-refractivity contribution < 1.29 is 29.9 Å². The van der Waals surface area contributed by atoms with Gasteiger partial charge >= 0.3 is 0 Å². The predicted octanol–water partition coefficient (Wildman–Crippen LogP) is 2.75. The van der Waals surface area contributed by atoms with Gasteiger partial charge in [-0.2, -0.15) is 0 Å². The average Bonchev–Trinajstić information content (AvgIpc) is 2.75. The normalized spacial score (nSPS) is 29.1. The van der Waals surface area contributed by atoms with Crippen LogP contribution in [0.25, 0.3) is 0 Å². The Morgan fingerprint density at radius 1 is 1.06 bits per heavy atom. The first-order chi connectivity index (χ1) is 14.6. The van der Waals surface area contributed by atoms with Gasteiger partial charge in [0.1, 0.15) is 35.8 Å². The third-order valence-corrected chi connectivity index (χ3v) is 6.62. The second kappa shape index (κ2) is 9.06. The fourth-order valence-electron chi connectivity index (χ4n) is 4.17. The summed E-state index contributed by atoms with van der Waals surface area (Å²) in [7, 11) is 0. The van der Waals surface area contributed by atoms with Gasteiger partial charge in [-0.1, -0.05) is 49.7 Å². The molecule has 0 amide bonds. The Balaban J connectivity index is 2.03. The number of benzene rings is 2. The Labute approximate surface area is 188 Å². The van der Waals surface area contributed by atoms with Crippen molar-refractivity contribution in [2.75, 3.05) is 13.2 Å². The SMILES string of the molecule is CCOc1ccc(C(C)(C)c2cc([C@]3(C)O[C@H](CO)[C@@H](O)[C@H](O)[C@H]3O)ccc2Cl)cc1. The van der Waals surface area contributed by atoms with Crippen LogP contribution in [0.4, 0.5) is 0 Å². The minimum absolute atomic E-state index is 0.484. The van der Waals surface area contributed by atoms with Crippen molar-refractivity contribution in [3.05, 3.63) is 64.2 Å². The van der Waals surface area contributed by atoms with Crippen LogP contribution >= 0.6 is 11.6 Å². The summed E-state index contributed by atoms with van der Waals surface area (Å²) in [5.41, 5.74) is 0.591. The highest BCUT2D eigenvalue weighted by Crippen LogP contribution is 2.42. The third-order valence-electron chi connectivity index (χ3n) is 6.29. The van der Waals surface area contributed by atoms with E-state index in [2.05, 4.69) is 0 Å². The van der Waals surface area contributed by atoms with Gasteiger partial charge in [-0.3, -0.25) is 0 Å². The zero-order valence-corrected chi connectivity index (χ0v) is 19.0. The molecule has 0 radical (unpaired) electrons. The lowest BCUT2D eigenvalue weighted by Crippen LogP contribution is -2.62. The molecule has 31 heavy (non-hydrogen) atoms. The van der Waals surface area contributed by atoms with E-state index in [0.717, 1.165) is 16.9 Å². The predicted molar refractivity (Wildman–Crippen MR) is 119 cm³/mol. The van der Waals surface area contributed by atoms with Crippen LogP contribution in [0.5, 0.6) is 5.75 Å². The van der Waals surface area contributed by atoms with Gasteiger partial charge in [-0.05, 0) is 48.7 Å². The van der Waals surface area contributed by atoms with E-state index in [-0.39, 0.29) is 0 Å². The highest BCUT2D eigenvalue weighted by Gasteiger charge is 2.51. The van der Waals surface area contributed by atoms with Crippen LogP contribution in [0.3, 0.4) is 0 Å². The van der Waals surface area contributed by atoms with E-state index in [0.29, 0.717) is 17.2 Å². The molecule has 6 nitrogen and oxygen atoms in total. The molecule has 2 aromatic carbocycles. The molecule has 3 rings (SSSR count). The molecule has 1 aliphatic rings. The van der Waals surface area contributed by atoms with Crippen molar-refractivity contribution in [2.24, 2.45) is 0 Å². The zero-order valence-electron chi connectivity index (χ0n) is 18.2. The van der Waals surface area contributed by atoms with Crippen molar-refractivity contribution in [3.8, 4) is 5.75 Å². The molecule has 1 fully saturated rings. The van der Waals surface area contributed by atoms with Crippen LogP contribution in [0.15, 0.2) is 42.5 Å². The van der Waals surface area contributed by atoms with Gasteiger partial charge in [-0.25, -0.2) is 0 Å². The minimum Gasteiger partial charge on any atom is -0.494 e. The number of rotatable bonds is 6. The maximum absolute atomic E-state index is 10.7. The smallest absolute Gasteiger partial charge is 0.119 e. The van der Waals surface area contributed by atoms with Gasteiger partial charge in [-0.15, -0.1) is 0 Å². The minimum atomic E-state index is -1.46. The number of aliphatic hydroxyl groups excluding tert-OH is 4. The van der Waals surface area contributed by atoms with Crippen molar-refractivity contribution in [1.82, 2.24) is 0 Å². The fraction of sp³-hybridized carbons (Fsp3) is 0.500. The first-order valence-electron chi connectivity index (χ1n) is 10.4. The standard InChI is InChI=1S/C24H31ClO6/c1-5-30-16-9-6-14(7-10-16)23(2,3)17-12-15(8-11-18(17)25)24(4)22(29)21(28)20(27)19(13-26)31-24/h6-12,19-22,26-29H,5,13H2,1-4H3/t19-,20-,21+,22-,24+/m1/s1. The van der Waals surface area contributed by atoms with Crippen molar-refractivity contribution in [1.29, 1.82) is 0 Å². The van der Waals surface area contributed by atoms with E-state index in [1.807, 2.05) is 51.1 Å². The molecule has 0 saturated carbocycles. The molecule has 0 unspecified atom stereocenters. The molecule has 7 heteroatoms. The second-order valence-electron chi connectivity index (χ2n) is 8.65. The number of halogens is 1. The van der Waals surface area contributed by atoms with Gasteiger partial charge in [0.25, 0.3) is 0 Å². The zero-order chi connectivity index (χ0) is 23.0. The maximum atomic E-state index is 10.7. The Morgan fingerprint density at radius 2 is 1.71 bits per heavy atom. The monoisotopic (exact) mass is 450 g/mol. The molecule has 0 aliphatic carbocycles. The molecule has 5 atom stereocenters. The van der Waals surface area contributed by atoms with Crippen molar-refractivity contribution in [3.63, 3.8) is 0 Å². The summed E-state index contributed by atoms with van der Waals surface area (Å²) in [4.78, 5) is 0. The maximum Gasteiger partial charge on any atom is 0.119 e. The molecule has 0 aromatic heterocycles. The van der Waals surface area contributed by atoms with E-state index in [1.165, 1.54) is 0 Å². The summed E-state index contributed by atoms with van der Waals surface area (Å²) >= 11 is 6.58. The molecule has 1 aliphatic heterocycles. The molecular formula is C24H31ClO6. The summed E-state index contributed by atoms with van der Waals surface area (Å²) < 4.78 is 11.4. The topological polar surface area (TPSA) is 99.4 Å². The molecular weight excluding hydrogens is 420 g/mol. The first kappa shape index (κ1) is 24.0. The van der Waals surface area contributed by atoms with Gasteiger partial charge < -0.3 is 29.9 Å². The third kappa shape index (κ3) is 4.33. The number of aliphatic hydroxyl groups is 4. The van der Waals surface area contributed by atoms with Crippen molar-refractivity contribution in [2.45, 2.75) is 63.1 Å². The van der Waals surface area contributed by atoms with Crippen LogP contribution in [0.2, 0.25) is 5.02 Å². The van der Waals surface area contributed by atoms with Crippen LogP contribution in [-0.2, 0) is 15.8 Å². The Morgan fingerprint density at radius 3 is 2.29 bits per heavy atom. The Bertz CT molecular complexity index is 897. The lowest BCUT2D eigenvalue weighted by molar-refractivity contribution is -0.273. The second-order valence-corrected chi connectivity index (χ2v) is 9.06. The van der Waals surface area contributed by atoms with E-state index in [9.17, 15) is 20.4 Å². The van der Waals surface area contributed by atoms with Crippen LogP contribution in [0, 0.1) is 0 Å². The molecule has 0 bridgehead atoms. The van der Waals surface area contributed by atoms with Crippen molar-refractivity contribution >= 4 is 11.6 Å². The Hall–Kier alpha value is -1.67. The molecule has 170 valence electrons. The summed E-state index contributed by atoms with van der Waals surface area (Å²) in [5, 5.41) is 41.3. The van der Waals surface area contributed by atoms with E-state index in [4.69, 9.17) is 21.1 Å². The number of ether oxygens (including phenoxy) is 2. The summed E-state index contributed by atoms with van der Waals surface area (Å²) in [5.74, 6) is 0.788. The summed E-state index contributed by atoms with van der Waals surface area (Å²) in [6.45, 7) is 7.76. The van der Waals surface area contributed by atoms with Gasteiger partial charge in [0.05, 0.1) is 13.2 Å². The van der Waals surface area contributed by atoms with Gasteiger partial charge in [0, 0.05) is 10.4 Å². The van der Waals surface area contributed by atoms with E-state index >= 15 is 0 Å². The summed E-state index contributed by atoms with van der Waals surface area (Å²) in [6, 6.07) is 13.1. The van der Waals surface area contributed by atoms with E-state index in [1.54, 1.807) is 19.1 Å². The Kier molecular flexibility index (Phi) is 7.01. The molecule has 2 aromatic rings. The molecule has 0 spiro atoms. The quantitative estimate of drug-likeness (QED) is 0.540. The average molecular weight is 451 g/mol. The molecule has 1 heterocycles. The van der Waals surface area contributed by atoms with Gasteiger partial charge in [0.2, 0.25) is 0 Å². The number of hydrogen-bond donors (Lipinski definition) is 4. The van der Waals surface area contributed by atoms with Crippen LogP contribution in [-0.4, -0.2) is 58.1 Å². The largest absolute Gasteiger partial charge is 0.494 e. The van der Waals surface area contributed by atoms with E-state index < -0.39 is 42.0 Å². The summed E-state index contributed by atoms with van der Waals surface area (Å²) in [6.07, 6.45) is -5.27. The van der Waals surface area contributed by atoms with Crippen LogP contribution in [0.1, 0.15) is 44.4 Å². The molecule has 4 N–H and O–H groups in total. The first-order valence-corrected chi connectivity index (χ1v) is 10.8. The lowest BCUT2D eigenvalue weighted by atomic mass is 9.75.